The number of aryl methyl sites for hydroxylation is 1. The summed E-state index contributed by atoms with van der Waals surface area (Å²) in [4.78, 5) is 0. The molecule has 1 N–H and O–H groups in total. The Balaban J connectivity index is 1.99. The van der Waals surface area contributed by atoms with Crippen LogP contribution in [0.1, 0.15) is 19.0 Å². The van der Waals surface area contributed by atoms with Crippen molar-refractivity contribution in [3.8, 4) is 0 Å². The molecule has 0 saturated heterocycles. The lowest BCUT2D eigenvalue weighted by Crippen LogP contribution is -2.08. The van der Waals surface area contributed by atoms with E-state index in [-0.39, 0.29) is 0 Å². The van der Waals surface area contributed by atoms with E-state index in [1.165, 1.54) is 5.69 Å². The number of hydrogen-bond acceptors (Lipinski definition) is 2. The highest BCUT2D eigenvalue weighted by Gasteiger charge is 2.01. The molecule has 0 aliphatic heterocycles. The van der Waals surface area contributed by atoms with Gasteiger partial charge in [-0.2, -0.15) is 5.10 Å². The summed E-state index contributed by atoms with van der Waals surface area (Å²) in [6, 6.07) is 10.2. The minimum atomic E-state index is 0.802. The van der Waals surface area contributed by atoms with E-state index in [4.69, 9.17) is 0 Å². The largest absolute Gasteiger partial charge is 0.379 e. The summed E-state index contributed by atoms with van der Waals surface area (Å²) in [5.74, 6) is 0. The highest BCUT2D eigenvalue weighted by molar-refractivity contribution is 9.10. The van der Waals surface area contributed by atoms with Gasteiger partial charge >= 0.3 is 0 Å². The van der Waals surface area contributed by atoms with Gasteiger partial charge in [0.15, 0.2) is 0 Å². The van der Waals surface area contributed by atoms with Gasteiger partial charge in [0, 0.05) is 22.9 Å². The number of hydrogen-bond donors (Lipinski definition) is 1. The van der Waals surface area contributed by atoms with Crippen molar-refractivity contribution >= 4 is 21.6 Å². The molecule has 0 spiro atoms. The Morgan fingerprint density at radius 2 is 2.24 bits per heavy atom. The maximum absolute atomic E-state index is 4.30. The highest BCUT2D eigenvalue weighted by atomic mass is 79.9. The lowest BCUT2D eigenvalue weighted by atomic mass is 10.3. The van der Waals surface area contributed by atoms with Crippen LogP contribution < -0.4 is 5.32 Å². The summed E-state index contributed by atoms with van der Waals surface area (Å²) in [5, 5.41) is 7.70. The fourth-order valence-corrected chi connectivity index (χ4v) is 2.11. The van der Waals surface area contributed by atoms with Gasteiger partial charge in [0.2, 0.25) is 0 Å². The summed E-state index contributed by atoms with van der Waals surface area (Å²) in [7, 11) is 0. The van der Waals surface area contributed by atoms with E-state index in [2.05, 4.69) is 51.5 Å². The molecule has 0 aliphatic rings. The Bertz CT molecular complexity index is 479. The van der Waals surface area contributed by atoms with Gasteiger partial charge in [-0.1, -0.05) is 28.9 Å². The number of nitrogens with zero attached hydrogens (tertiary/aromatic N) is 2. The van der Waals surface area contributed by atoms with Crippen LogP contribution in [0.15, 0.2) is 41.0 Å². The van der Waals surface area contributed by atoms with Gasteiger partial charge in [0.25, 0.3) is 0 Å². The zero-order valence-electron chi connectivity index (χ0n) is 9.86. The maximum atomic E-state index is 4.30. The fourth-order valence-electron chi connectivity index (χ4n) is 1.71. The van der Waals surface area contributed by atoms with Crippen LogP contribution in [0.25, 0.3) is 0 Å². The fraction of sp³-hybridized carbons (Fsp3) is 0.308. The van der Waals surface area contributed by atoms with Crippen molar-refractivity contribution in [2.75, 3.05) is 5.32 Å². The Morgan fingerprint density at radius 3 is 3.00 bits per heavy atom. The molecule has 3 nitrogen and oxygen atoms in total. The van der Waals surface area contributed by atoms with Gasteiger partial charge in [-0.15, -0.1) is 0 Å². The summed E-state index contributed by atoms with van der Waals surface area (Å²) in [6.45, 7) is 3.94. The van der Waals surface area contributed by atoms with E-state index in [0.717, 1.165) is 29.7 Å². The van der Waals surface area contributed by atoms with Crippen LogP contribution in [0.4, 0.5) is 5.69 Å². The average molecular weight is 294 g/mol. The maximum Gasteiger partial charge on any atom is 0.0575 e. The molecule has 0 bridgehead atoms. The van der Waals surface area contributed by atoms with Crippen molar-refractivity contribution < 1.29 is 0 Å². The first kappa shape index (κ1) is 12.2. The quantitative estimate of drug-likeness (QED) is 0.912. The molecule has 2 rings (SSSR count). The summed E-state index contributed by atoms with van der Waals surface area (Å²) in [5.41, 5.74) is 2.33. The molecular formula is C13H16BrN3. The molecule has 0 amide bonds. The van der Waals surface area contributed by atoms with Gasteiger partial charge in [-0.25, -0.2) is 0 Å². The van der Waals surface area contributed by atoms with E-state index >= 15 is 0 Å². The van der Waals surface area contributed by atoms with Crippen LogP contribution in [0.2, 0.25) is 0 Å². The monoisotopic (exact) mass is 293 g/mol. The number of anilines is 1. The smallest absolute Gasteiger partial charge is 0.0575 e. The van der Waals surface area contributed by atoms with Crippen molar-refractivity contribution in [3.63, 3.8) is 0 Å². The van der Waals surface area contributed by atoms with E-state index in [9.17, 15) is 0 Å². The number of nitrogens with one attached hydrogen (secondary N) is 1. The molecule has 0 saturated carbocycles. The third-order valence-electron chi connectivity index (χ3n) is 2.54. The molecule has 90 valence electrons. The van der Waals surface area contributed by atoms with Gasteiger partial charge in [0.05, 0.1) is 12.2 Å². The first-order chi connectivity index (χ1) is 8.29. The average Bonchev–Trinajstić information content (AvgIpc) is 2.75. The molecule has 0 atom stereocenters. The van der Waals surface area contributed by atoms with Gasteiger partial charge < -0.3 is 5.32 Å². The predicted octanol–water partition coefficient (Wildman–Crippen LogP) is 3.67. The van der Waals surface area contributed by atoms with Crippen molar-refractivity contribution in [2.45, 2.75) is 26.4 Å². The van der Waals surface area contributed by atoms with E-state index in [1.807, 2.05) is 23.0 Å². The van der Waals surface area contributed by atoms with Crippen LogP contribution in [0.3, 0.4) is 0 Å². The molecule has 0 aliphatic carbocycles. The van der Waals surface area contributed by atoms with Crippen molar-refractivity contribution in [1.82, 2.24) is 9.78 Å². The Kier molecular flexibility index (Phi) is 4.20. The topological polar surface area (TPSA) is 29.9 Å². The van der Waals surface area contributed by atoms with E-state index < -0.39 is 0 Å². The SMILES string of the molecule is CCCn1nccc1CNc1cccc(Br)c1. The van der Waals surface area contributed by atoms with Crippen LogP contribution >= 0.6 is 15.9 Å². The van der Waals surface area contributed by atoms with Crippen LogP contribution in [0.5, 0.6) is 0 Å². The second-order valence-electron chi connectivity index (χ2n) is 3.91. The molecule has 17 heavy (non-hydrogen) atoms. The first-order valence-corrected chi connectivity index (χ1v) is 6.59. The number of benzene rings is 1. The second-order valence-corrected chi connectivity index (χ2v) is 4.83. The molecular weight excluding hydrogens is 278 g/mol. The molecule has 4 heteroatoms. The Labute approximate surface area is 110 Å². The highest BCUT2D eigenvalue weighted by Crippen LogP contribution is 2.16. The van der Waals surface area contributed by atoms with E-state index in [0.29, 0.717) is 0 Å². The Morgan fingerprint density at radius 1 is 1.35 bits per heavy atom. The van der Waals surface area contributed by atoms with Crippen LogP contribution in [-0.4, -0.2) is 9.78 Å². The summed E-state index contributed by atoms with van der Waals surface area (Å²) < 4.78 is 3.13. The summed E-state index contributed by atoms with van der Waals surface area (Å²) >= 11 is 3.46. The van der Waals surface area contributed by atoms with Gasteiger partial charge in [0.1, 0.15) is 0 Å². The molecule has 0 fully saturated rings. The van der Waals surface area contributed by atoms with E-state index in [1.54, 1.807) is 0 Å². The van der Waals surface area contributed by atoms with Crippen molar-refractivity contribution in [3.05, 3.63) is 46.7 Å². The lowest BCUT2D eigenvalue weighted by Gasteiger charge is -2.09. The van der Waals surface area contributed by atoms with Crippen LogP contribution in [0, 0.1) is 0 Å². The molecule has 1 aromatic carbocycles. The predicted molar refractivity (Wildman–Crippen MR) is 74.0 cm³/mol. The molecule has 1 aromatic heterocycles. The standard InChI is InChI=1S/C13H16BrN3/c1-2-8-17-13(6-7-16-17)10-15-12-5-3-4-11(14)9-12/h3-7,9,15H,2,8,10H2,1H3. The Hall–Kier alpha value is -1.29. The third-order valence-corrected chi connectivity index (χ3v) is 3.03. The van der Waals surface area contributed by atoms with Gasteiger partial charge in [-0.3, -0.25) is 4.68 Å². The van der Waals surface area contributed by atoms with Crippen LogP contribution in [-0.2, 0) is 13.1 Å². The van der Waals surface area contributed by atoms with Crippen molar-refractivity contribution in [2.24, 2.45) is 0 Å². The number of halogens is 1. The molecule has 0 unspecified atom stereocenters. The minimum absolute atomic E-state index is 0.802. The lowest BCUT2D eigenvalue weighted by molar-refractivity contribution is 0.578. The minimum Gasteiger partial charge on any atom is -0.379 e. The molecule has 0 radical (unpaired) electrons. The third kappa shape index (κ3) is 3.33. The molecule has 2 aromatic rings. The summed E-state index contributed by atoms with van der Waals surface area (Å²) in [6.07, 6.45) is 2.96. The zero-order chi connectivity index (χ0) is 12.1. The van der Waals surface area contributed by atoms with Crippen molar-refractivity contribution in [1.29, 1.82) is 0 Å². The second kappa shape index (κ2) is 5.87. The van der Waals surface area contributed by atoms with Gasteiger partial charge in [-0.05, 0) is 30.7 Å². The molecule has 1 heterocycles. The zero-order valence-corrected chi connectivity index (χ0v) is 11.4. The number of aromatic nitrogens is 2. The normalized spacial score (nSPS) is 10.5. The number of rotatable bonds is 5. The first-order valence-electron chi connectivity index (χ1n) is 5.79.